The van der Waals surface area contributed by atoms with Crippen molar-refractivity contribution in [3.63, 3.8) is 0 Å². The molecular weight excluding hydrogens is 316 g/mol. The largest absolute Gasteiger partial charge is 0.373 e. The molecule has 4 rings (SSSR count). The van der Waals surface area contributed by atoms with Crippen molar-refractivity contribution in [2.24, 2.45) is 0 Å². The summed E-state index contributed by atoms with van der Waals surface area (Å²) in [7, 11) is 1.84. The zero-order chi connectivity index (χ0) is 17.1. The van der Waals surface area contributed by atoms with Gasteiger partial charge in [0.1, 0.15) is 5.82 Å². The van der Waals surface area contributed by atoms with Crippen LogP contribution in [-0.2, 0) is 6.54 Å². The van der Waals surface area contributed by atoms with Gasteiger partial charge in [0.2, 0.25) is 11.7 Å². The highest BCUT2D eigenvalue weighted by atomic mass is 16.5. The van der Waals surface area contributed by atoms with E-state index < -0.39 is 0 Å². The maximum absolute atomic E-state index is 5.57. The molecule has 0 saturated carbocycles. The van der Waals surface area contributed by atoms with Gasteiger partial charge >= 0.3 is 0 Å². The Kier molecular flexibility index (Phi) is 4.39. The number of aromatic nitrogens is 4. The molecule has 0 amide bonds. The lowest BCUT2D eigenvalue weighted by molar-refractivity contribution is 0.201. The molecule has 0 bridgehead atoms. The Bertz CT molecular complexity index is 817. The first-order valence-corrected chi connectivity index (χ1v) is 8.44. The smallest absolute Gasteiger partial charge is 0.244 e. The summed E-state index contributed by atoms with van der Waals surface area (Å²) in [6.45, 7) is 1.87. The molecule has 25 heavy (non-hydrogen) atoms. The summed E-state index contributed by atoms with van der Waals surface area (Å²) in [4.78, 5) is 15.5. The zero-order valence-electron chi connectivity index (χ0n) is 14.1. The number of pyridine rings is 2. The highest BCUT2D eigenvalue weighted by Crippen LogP contribution is 2.33. The van der Waals surface area contributed by atoms with E-state index in [9.17, 15) is 0 Å². The van der Waals surface area contributed by atoms with Gasteiger partial charge in [-0.15, -0.1) is 0 Å². The van der Waals surface area contributed by atoms with E-state index in [0.717, 1.165) is 37.3 Å². The summed E-state index contributed by atoms with van der Waals surface area (Å²) in [6.07, 6.45) is 7.61. The van der Waals surface area contributed by atoms with Crippen LogP contribution in [0.3, 0.4) is 0 Å². The predicted octanol–water partition coefficient (Wildman–Crippen LogP) is 2.91. The number of rotatable bonds is 5. The highest BCUT2D eigenvalue weighted by molar-refractivity contribution is 5.55. The predicted molar refractivity (Wildman–Crippen MR) is 93.7 cm³/mol. The van der Waals surface area contributed by atoms with Crippen molar-refractivity contribution in [1.29, 1.82) is 0 Å². The van der Waals surface area contributed by atoms with E-state index in [2.05, 4.69) is 36.4 Å². The molecule has 128 valence electrons. The molecule has 0 aliphatic carbocycles. The quantitative estimate of drug-likeness (QED) is 0.767. The summed E-state index contributed by atoms with van der Waals surface area (Å²) in [6, 6.07) is 8.06. The molecule has 1 fully saturated rings. The minimum atomic E-state index is 0.158. The molecule has 3 aromatic heterocycles. The molecule has 1 N–H and O–H groups in total. The Morgan fingerprint density at radius 2 is 2.24 bits per heavy atom. The molecule has 7 nitrogen and oxygen atoms in total. The number of anilines is 1. The van der Waals surface area contributed by atoms with Gasteiger partial charge in [0, 0.05) is 37.7 Å². The van der Waals surface area contributed by atoms with Gasteiger partial charge in [-0.05, 0) is 43.1 Å². The van der Waals surface area contributed by atoms with Gasteiger partial charge in [0.05, 0.1) is 6.04 Å². The SMILES string of the molecule is CNc1ccc(-c2noc(C3CCCN3Cc3cccnc3)n2)cn1. The first-order valence-electron chi connectivity index (χ1n) is 8.44. The average molecular weight is 336 g/mol. The monoisotopic (exact) mass is 336 g/mol. The van der Waals surface area contributed by atoms with Crippen molar-refractivity contribution >= 4 is 5.82 Å². The molecule has 0 aromatic carbocycles. The first-order chi connectivity index (χ1) is 12.3. The van der Waals surface area contributed by atoms with Crippen LogP contribution in [0.1, 0.15) is 30.3 Å². The van der Waals surface area contributed by atoms with Crippen LogP contribution in [0.4, 0.5) is 5.82 Å². The summed E-state index contributed by atoms with van der Waals surface area (Å²) in [5.74, 6) is 2.07. The molecule has 7 heteroatoms. The van der Waals surface area contributed by atoms with Crippen molar-refractivity contribution in [3.8, 4) is 11.4 Å². The second-order valence-electron chi connectivity index (χ2n) is 6.13. The summed E-state index contributed by atoms with van der Waals surface area (Å²) in [5, 5.41) is 7.14. The van der Waals surface area contributed by atoms with Gasteiger partial charge in [-0.3, -0.25) is 9.88 Å². The molecule has 1 atom stereocenters. The molecular formula is C18H20N6O. The van der Waals surface area contributed by atoms with Crippen molar-refractivity contribution < 1.29 is 4.52 Å². The van der Waals surface area contributed by atoms with Crippen molar-refractivity contribution in [3.05, 3.63) is 54.3 Å². The number of likely N-dealkylation sites (tertiary alicyclic amines) is 1. The molecule has 0 radical (unpaired) electrons. The van der Waals surface area contributed by atoms with Crippen molar-refractivity contribution in [2.45, 2.75) is 25.4 Å². The highest BCUT2D eigenvalue weighted by Gasteiger charge is 2.30. The normalized spacial score (nSPS) is 17.7. The van der Waals surface area contributed by atoms with Crippen LogP contribution in [0.25, 0.3) is 11.4 Å². The lowest BCUT2D eigenvalue weighted by atomic mass is 10.2. The van der Waals surface area contributed by atoms with Crippen LogP contribution >= 0.6 is 0 Å². The van der Waals surface area contributed by atoms with Crippen LogP contribution in [0, 0.1) is 0 Å². The molecule has 0 spiro atoms. The summed E-state index contributed by atoms with van der Waals surface area (Å²) >= 11 is 0. The molecule has 1 aliphatic heterocycles. The third-order valence-electron chi connectivity index (χ3n) is 4.48. The van der Waals surface area contributed by atoms with E-state index in [1.165, 1.54) is 5.56 Å². The van der Waals surface area contributed by atoms with E-state index in [4.69, 9.17) is 4.52 Å². The Hall–Kier alpha value is -2.80. The van der Waals surface area contributed by atoms with Gasteiger partial charge in [-0.1, -0.05) is 11.2 Å². The van der Waals surface area contributed by atoms with Gasteiger partial charge in [0.25, 0.3) is 0 Å². The van der Waals surface area contributed by atoms with Gasteiger partial charge in [0.15, 0.2) is 0 Å². The minimum absolute atomic E-state index is 0.158. The first kappa shape index (κ1) is 15.7. The van der Waals surface area contributed by atoms with E-state index in [1.807, 2.05) is 31.4 Å². The average Bonchev–Trinajstić information content (AvgIpc) is 3.32. The standard InChI is InChI=1S/C18H20N6O/c1-19-16-7-6-14(11-21-16)17-22-18(25-23-17)15-5-3-9-24(15)12-13-4-2-8-20-10-13/h2,4,6-8,10-11,15H,3,5,9,12H2,1H3,(H,19,21). The second kappa shape index (κ2) is 6.98. The molecule has 1 aliphatic rings. The maximum Gasteiger partial charge on any atom is 0.244 e. The Morgan fingerprint density at radius 1 is 1.28 bits per heavy atom. The maximum atomic E-state index is 5.57. The Labute approximate surface area is 146 Å². The van der Waals surface area contributed by atoms with Crippen LogP contribution in [0.15, 0.2) is 47.4 Å². The number of nitrogens with one attached hydrogen (secondary N) is 1. The molecule has 1 unspecified atom stereocenters. The second-order valence-corrected chi connectivity index (χ2v) is 6.13. The third-order valence-corrected chi connectivity index (χ3v) is 4.48. The molecule has 4 heterocycles. The summed E-state index contributed by atoms with van der Waals surface area (Å²) in [5.41, 5.74) is 2.05. The fourth-order valence-electron chi connectivity index (χ4n) is 3.18. The van der Waals surface area contributed by atoms with Gasteiger partial charge in [-0.25, -0.2) is 4.98 Å². The van der Waals surface area contributed by atoms with Gasteiger partial charge in [-0.2, -0.15) is 4.98 Å². The van der Waals surface area contributed by atoms with Crippen LogP contribution in [0.5, 0.6) is 0 Å². The fraction of sp³-hybridized carbons (Fsp3) is 0.333. The van der Waals surface area contributed by atoms with Gasteiger partial charge < -0.3 is 9.84 Å². The van der Waals surface area contributed by atoms with Crippen molar-refractivity contribution in [1.82, 2.24) is 25.0 Å². The number of nitrogens with zero attached hydrogens (tertiary/aromatic N) is 5. The fourth-order valence-corrected chi connectivity index (χ4v) is 3.18. The lowest BCUT2D eigenvalue weighted by Crippen LogP contribution is -2.23. The van der Waals surface area contributed by atoms with Crippen molar-refractivity contribution in [2.75, 3.05) is 18.9 Å². The topological polar surface area (TPSA) is 80.0 Å². The Balaban J connectivity index is 1.52. The molecule has 3 aromatic rings. The zero-order valence-corrected chi connectivity index (χ0v) is 14.1. The molecule has 1 saturated heterocycles. The minimum Gasteiger partial charge on any atom is -0.373 e. The summed E-state index contributed by atoms with van der Waals surface area (Å²) < 4.78 is 5.57. The van der Waals surface area contributed by atoms with Crippen LogP contribution < -0.4 is 5.32 Å². The Morgan fingerprint density at radius 3 is 3.00 bits per heavy atom. The van der Waals surface area contributed by atoms with E-state index >= 15 is 0 Å². The number of hydrogen-bond donors (Lipinski definition) is 1. The van der Waals surface area contributed by atoms with Crippen LogP contribution in [0.2, 0.25) is 0 Å². The van der Waals surface area contributed by atoms with Crippen LogP contribution in [-0.4, -0.2) is 38.6 Å². The van der Waals surface area contributed by atoms with E-state index in [0.29, 0.717) is 11.7 Å². The van der Waals surface area contributed by atoms with E-state index in [-0.39, 0.29) is 6.04 Å². The third kappa shape index (κ3) is 3.36. The number of hydrogen-bond acceptors (Lipinski definition) is 7. The van der Waals surface area contributed by atoms with E-state index in [1.54, 1.807) is 12.4 Å². The lowest BCUT2D eigenvalue weighted by Gasteiger charge is -2.21.